The van der Waals surface area contributed by atoms with Gasteiger partial charge in [-0.15, -0.1) is 11.3 Å². The largest absolute Gasteiger partial charge is 0.462 e. The quantitative estimate of drug-likeness (QED) is 0.682. The lowest BCUT2D eigenvalue weighted by Gasteiger charge is -2.16. The summed E-state index contributed by atoms with van der Waals surface area (Å²) in [6.07, 6.45) is 0.148. The first-order valence-electron chi connectivity index (χ1n) is 6.27. The molecule has 0 aromatic carbocycles. The summed E-state index contributed by atoms with van der Waals surface area (Å²) in [4.78, 5) is 25.4. The molecule has 1 aliphatic heterocycles. The smallest absolute Gasteiger partial charge is 0.350 e. The van der Waals surface area contributed by atoms with E-state index in [1.807, 2.05) is 4.90 Å². The highest BCUT2D eigenvalue weighted by Crippen LogP contribution is 2.39. The van der Waals surface area contributed by atoms with E-state index in [2.05, 4.69) is 0 Å². The Kier molecular flexibility index (Phi) is 4.15. The molecule has 2 heterocycles. The number of aliphatic hydroxyl groups is 1. The molecule has 0 radical (unpaired) electrons. The number of nitrogens with zero attached hydrogens (tertiary/aromatic N) is 1. The van der Waals surface area contributed by atoms with E-state index in [0.29, 0.717) is 24.5 Å². The number of hydrogen-bond acceptors (Lipinski definition) is 7. The molecule has 2 rings (SSSR count). The first kappa shape index (κ1) is 14.6. The van der Waals surface area contributed by atoms with Gasteiger partial charge in [0.05, 0.1) is 24.0 Å². The summed E-state index contributed by atoms with van der Waals surface area (Å²) < 4.78 is 4.91. The molecule has 8 heteroatoms. The van der Waals surface area contributed by atoms with Crippen molar-refractivity contribution in [3.63, 3.8) is 0 Å². The average molecular weight is 299 g/mol. The van der Waals surface area contributed by atoms with Crippen LogP contribution in [0.1, 0.15) is 33.4 Å². The van der Waals surface area contributed by atoms with Gasteiger partial charge in [0, 0.05) is 13.1 Å². The van der Waals surface area contributed by atoms with Crippen molar-refractivity contribution in [1.29, 1.82) is 0 Å². The predicted molar refractivity (Wildman–Crippen MR) is 76.0 cm³/mol. The monoisotopic (exact) mass is 299 g/mol. The highest BCUT2D eigenvalue weighted by atomic mass is 32.1. The van der Waals surface area contributed by atoms with Crippen molar-refractivity contribution in [3.8, 4) is 0 Å². The molecule has 110 valence electrons. The lowest BCUT2D eigenvalue weighted by atomic mass is 10.2. The Morgan fingerprint density at radius 2 is 2.25 bits per heavy atom. The fraction of sp³-hybridized carbons (Fsp3) is 0.500. The van der Waals surface area contributed by atoms with Crippen LogP contribution in [0.2, 0.25) is 0 Å². The maximum absolute atomic E-state index is 11.8. The molecule has 1 unspecified atom stereocenters. The summed E-state index contributed by atoms with van der Waals surface area (Å²) in [5.74, 6) is -1.26. The second kappa shape index (κ2) is 5.68. The molecule has 1 amide bonds. The normalized spacial score (nSPS) is 18.3. The van der Waals surface area contributed by atoms with E-state index >= 15 is 0 Å². The number of rotatable bonds is 4. The summed E-state index contributed by atoms with van der Waals surface area (Å²) >= 11 is 1.08. The van der Waals surface area contributed by atoms with Crippen molar-refractivity contribution >= 4 is 33.9 Å². The van der Waals surface area contributed by atoms with Crippen molar-refractivity contribution in [2.75, 3.05) is 30.3 Å². The number of nitrogen functional groups attached to an aromatic ring is 1. The molecule has 0 bridgehead atoms. The maximum atomic E-state index is 11.8. The van der Waals surface area contributed by atoms with E-state index in [-0.39, 0.29) is 22.7 Å². The Bertz CT molecular complexity index is 543. The number of amides is 1. The van der Waals surface area contributed by atoms with Crippen LogP contribution >= 0.6 is 11.3 Å². The molecule has 1 aromatic rings. The third-order valence-electron chi connectivity index (χ3n) is 3.08. The number of anilines is 2. The lowest BCUT2D eigenvalue weighted by Crippen LogP contribution is -2.24. The van der Waals surface area contributed by atoms with Crippen LogP contribution in [0.15, 0.2) is 0 Å². The van der Waals surface area contributed by atoms with Crippen LogP contribution < -0.4 is 16.4 Å². The molecule has 0 aliphatic carbocycles. The molecule has 0 spiro atoms. The van der Waals surface area contributed by atoms with E-state index in [1.54, 1.807) is 6.92 Å². The fourth-order valence-electron chi connectivity index (χ4n) is 2.17. The minimum absolute atomic E-state index is 0.0531. The van der Waals surface area contributed by atoms with Crippen molar-refractivity contribution in [1.82, 2.24) is 0 Å². The zero-order valence-electron chi connectivity index (χ0n) is 11.1. The van der Waals surface area contributed by atoms with Gasteiger partial charge in [0.2, 0.25) is 0 Å². The van der Waals surface area contributed by atoms with Gasteiger partial charge in [-0.1, -0.05) is 0 Å². The van der Waals surface area contributed by atoms with Gasteiger partial charge in [-0.2, -0.15) is 0 Å². The van der Waals surface area contributed by atoms with E-state index in [1.165, 1.54) is 0 Å². The average Bonchev–Trinajstić information content (AvgIpc) is 2.93. The number of nitrogens with two attached hydrogens (primary N) is 2. The summed E-state index contributed by atoms with van der Waals surface area (Å²) in [5.41, 5.74) is 11.4. The summed E-state index contributed by atoms with van der Waals surface area (Å²) in [6, 6.07) is 0. The van der Waals surface area contributed by atoms with E-state index in [9.17, 15) is 14.7 Å². The Hall–Kier alpha value is -1.80. The third-order valence-corrected chi connectivity index (χ3v) is 4.33. The van der Waals surface area contributed by atoms with E-state index in [4.69, 9.17) is 16.2 Å². The first-order chi connectivity index (χ1) is 9.45. The van der Waals surface area contributed by atoms with Gasteiger partial charge in [0.15, 0.2) is 0 Å². The second-order valence-electron chi connectivity index (χ2n) is 4.50. The fourth-order valence-corrected chi connectivity index (χ4v) is 3.32. The Labute approximate surface area is 120 Å². The Balaban J connectivity index is 2.42. The van der Waals surface area contributed by atoms with Gasteiger partial charge < -0.3 is 26.2 Å². The van der Waals surface area contributed by atoms with Gasteiger partial charge in [-0.25, -0.2) is 4.79 Å². The molecule has 1 fully saturated rings. The second-order valence-corrected chi connectivity index (χ2v) is 5.50. The topological polar surface area (TPSA) is 119 Å². The van der Waals surface area contributed by atoms with Crippen LogP contribution in [-0.4, -0.2) is 42.8 Å². The number of aliphatic hydroxyl groups excluding tert-OH is 1. The molecule has 5 N–H and O–H groups in total. The molecule has 1 aliphatic rings. The van der Waals surface area contributed by atoms with Crippen LogP contribution in [0.3, 0.4) is 0 Å². The minimum Gasteiger partial charge on any atom is -0.462 e. The molecular weight excluding hydrogens is 282 g/mol. The van der Waals surface area contributed by atoms with Crippen LogP contribution in [0.4, 0.5) is 10.7 Å². The van der Waals surface area contributed by atoms with Gasteiger partial charge in [-0.3, -0.25) is 4.79 Å². The number of ether oxygens (including phenoxy) is 1. The molecule has 20 heavy (non-hydrogen) atoms. The van der Waals surface area contributed by atoms with Crippen molar-refractivity contribution in [3.05, 3.63) is 10.4 Å². The number of carbonyl (C=O) groups excluding carboxylic acids is 2. The Morgan fingerprint density at radius 1 is 1.55 bits per heavy atom. The number of β-amino-alcohol motifs (C(OH)–C–C–N with tert-alkyl or cyclic N) is 1. The maximum Gasteiger partial charge on any atom is 0.350 e. The van der Waals surface area contributed by atoms with E-state index in [0.717, 1.165) is 11.3 Å². The molecule has 1 aromatic heterocycles. The van der Waals surface area contributed by atoms with Gasteiger partial charge in [-0.05, 0) is 13.3 Å². The Morgan fingerprint density at radius 3 is 2.75 bits per heavy atom. The summed E-state index contributed by atoms with van der Waals surface area (Å²) in [5, 5.41) is 10.1. The van der Waals surface area contributed by atoms with Crippen molar-refractivity contribution in [2.24, 2.45) is 5.73 Å². The number of carbonyl (C=O) groups is 2. The van der Waals surface area contributed by atoms with Crippen LogP contribution in [0.5, 0.6) is 0 Å². The van der Waals surface area contributed by atoms with Crippen molar-refractivity contribution < 1.29 is 19.4 Å². The highest BCUT2D eigenvalue weighted by Gasteiger charge is 2.31. The number of thiophene rings is 1. The van der Waals surface area contributed by atoms with E-state index < -0.39 is 18.0 Å². The molecule has 1 saturated heterocycles. The predicted octanol–water partition coefficient (Wildman–Crippen LogP) is 0.177. The lowest BCUT2D eigenvalue weighted by molar-refractivity contribution is 0.0533. The van der Waals surface area contributed by atoms with Crippen LogP contribution in [-0.2, 0) is 4.74 Å². The van der Waals surface area contributed by atoms with Crippen LogP contribution in [0, 0.1) is 0 Å². The van der Waals surface area contributed by atoms with Gasteiger partial charge in [0.25, 0.3) is 5.91 Å². The molecule has 1 atom stereocenters. The summed E-state index contributed by atoms with van der Waals surface area (Å²) in [7, 11) is 0. The zero-order chi connectivity index (χ0) is 14.9. The molecule has 0 saturated carbocycles. The number of esters is 1. The molecule has 7 nitrogen and oxygen atoms in total. The number of primary amides is 1. The highest BCUT2D eigenvalue weighted by molar-refractivity contribution is 7.19. The molecular formula is C12H17N3O4S. The third kappa shape index (κ3) is 2.56. The zero-order valence-corrected chi connectivity index (χ0v) is 11.9. The minimum atomic E-state index is -0.689. The SMILES string of the molecule is CCOC(=O)c1sc(N2CCC(O)C2)c(C(N)=O)c1N. The number of hydrogen-bond donors (Lipinski definition) is 3. The van der Waals surface area contributed by atoms with Crippen molar-refractivity contribution in [2.45, 2.75) is 19.4 Å². The van der Waals surface area contributed by atoms with Gasteiger partial charge >= 0.3 is 5.97 Å². The first-order valence-corrected chi connectivity index (χ1v) is 7.09. The van der Waals surface area contributed by atoms with Crippen LogP contribution in [0.25, 0.3) is 0 Å². The standard InChI is InChI=1S/C12H17N3O4S/c1-2-19-12(18)9-8(13)7(10(14)17)11(20-9)15-4-3-6(16)5-15/h6,16H,2-5,13H2,1H3,(H2,14,17). The summed E-state index contributed by atoms with van der Waals surface area (Å²) in [6.45, 7) is 2.89. The van der Waals surface area contributed by atoms with Gasteiger partial charge in [0.1, 0.15) is 9.88 Å².